The van der Waals surface area contributed by atoms with Gasteiger partial charge in [-0.15, -0.1) is 0 Å². The molecule has 0 spiro atoms. The van der Waals surface area contributed by atoms with E-state index in [1.807, 2.05) is 6.92 Å². The highest BCUT2D eigenvalue weighted by Crippen LogP contribution is 1.95. The van der Waals surface area contributed by atoms with E-state index in [4.69, 9.17) is 10.4 Å². The average Bonchev–Trinajstić information content (AvgIpc) is 2.05. The lowest BCUT2D eigenvalue weighted by Gasteiger charge is -2.06. The van der Waals surface area contributed by atoms with E-state index in [-0.39, 0.29) is 6.42 Å². The molecular formula is C8H13NO3. The minimum atomic E-state index is -1.29. The number of aliphatic hydroxyl groups is 1. The van der Waals surface area contributed by atoms with Crippen molar-refractivity contribution in [2.45, 2.75) is 32.3 Å². The van der Waals surface area contributed by atoms with Crippen LogP contribution in [0.5, 0.6) is 0 Å². The van der Waals surface area contributed by atoms with E-state index >= 15 is 0 Å². The van der Waals surface area contributed by atoms with Crippen LogP contribution in [0.25, 0.3) is 0 Å². The minimum absolute atomic E-state index is 0.203. The fourth-order valence-electron chi connectivity index (χ4n) is 0.583. The van der Waals surface area contributed by atoms with Crippen LogP contribution in [0.3, 0.4) is 0 Å². The Labute approximate surface area is 71.8 Å². The Kier molecular flexibility index (Phi) is 6.02. The topological polar surface area (TPSA) is 70.3 Å². The molecular weight excluding hydrogens is 158 g/mol. The number of hydrogen-bond donors (Lipinski definition) is 1. The van der Waals surface area contributed by atoms with E-state index in [2.05, 4.69) is 4.74 Å². The largest absolute Gasteiger partial charge is 0.464 e. The Morgan fingerprint density at radius 3 is 2.92 bits per heavy atom. The maximum absolute atomic E-state index is 10.8. The molecule has 0 aliphatic heterocycles. The third-order valence-electron chi connectivity index (χ3n) is 1.30. The molecule has 0 rings (SSSR count). The molecule has 1 atom stereocenters. The molecule has 0 aromatic heterocycles. The normalized spacial score (nSPS) is 11.8. The summed E-state index contributed by atoms with van der Waals surface area (Å²) in [5, 5.41) is 17.1. The van der Waals surface area contributed by atoms with Gasteiger partial charge in [0, 0.05) is 0 Å². The van der Waals surface area contributed by atoms with Crippen LogP contribution in [-0.2, 0) is 9.53 Å². The molecule has 0 fully saturated rings. The van der Waals surface area contributed by atoms with Crippen LogP contribution in [0.15, 0.2) is 0 Å². The van der Waals surface area contributed by atoms with Gasteiger partial charge in [-0.3, -0.25) is 0 Å². The van der Waals surface area contributed by atoms with Crippen LogP contribution in [0.4, 0.5) is 0 Å². The van der Waals surface area contributed by atoms with Crippen LogP contribution in [0.1, 0.15) is 26.2 Å². The van der Waals surface area contributed by atoms with Gasteiger partial charge < -0.3 is 9.84 Å². The van der Waals surface area contributed by atoms with Gasteiger partial charge in [0.15, 0.2) is 6.10 Å². The zero-order chi connectivity index (χ0) is 9.40. The van der Waals surface area contributed by atoms with Gasteiger partial charge in [-0.25, -0.2) is 4.79 Å². The van der Waals surface area contributed by atoms with Gasteiger partial charge in [-0.05, 0) is 6.42 Å². The molecule has 68 valence electrons. The number of ether oxygens (including phenoxy) is 1. The number of carbonyl (C=O) groups is 1. The summed E-state index contributed by atoms with van der Waals surface area (Å²) in [4.78, 5) is 10.8. The van der Waals surface area contributed by atoms with Gasteiger partial charge in [0.05, 0.1) is 19.1 Å². The number of esters is 1. The smallest absolute Gasteiger partial charge is 0.336 e. The van der Waals surface area contributed by atoms with Gasteiger partial charge in [-0.1, -0.05) is 13.3 Å². The predicted octanol–water partition coefficient (Wildman–Crippen LogP) is 0.604. The molecule has 4 heteroatoms. The lowest BCUT2D eigenvalue weighted by Crippen LogP contribution is -2.22. The summed E-state index contributed by atoms with van der Waals surface area (Å²) in [6.07, 6.45) is 0.226. The van der Waals surface area contributed by atoms with Gasteiger partial charge >= 0.3 is 5.97 Å². The van der Waals surface area contributed by atoms with E-state index in [1.54, 1.807) is 6.07 Å². The van der Waals surface area contributed by atoms with Crippen molar-refractivity contribution >= 4 is 5.97 Å². The van der Waals surface area contributed by atoms with E-state index < -0.39 is 12.1 Å². The highest BCUT2D eigenvalue weighted by atomic mass is 16.5. The zero-order valence-corrected chi connectivity index (χ0v) is 7.12. The number of carbonyl (C=O) groups excluding carboxylic acids is 1. The van der Waals surface area contributed by atoms with E-state index in [9.17, 15) is 4.79 Å². The molecule has 0 aromatic rings. The zero-order valence-electron chi connectivity index (χ0n) is 7.12. The Morgan fingerprint density at radius 1 is 1.75 bits per heavy atom. The van der Waals surface area contributed by atoms with Crippen LogP contribution in [0.2, 0.25) is 0 Å². The van der Waals surface area contributed by atoms with Crippen molar-refractivity contribution in [3.05, 3.63) is 0 Å². The number of rotatable bonds is 5. The first kappa shape index (κ1) is 10.9. The highest BCUT2D eigenvalue weighted by Gasteiger charge is 2.15. The molecule has 1 unspecified atom stereocenters. The first-order valence-electron chi connectivity index (χ1n) is 3.94. The van der Waals surface area contributed by atoms with E-state index in [0.29, 0.717) is 6.61 Å². The molecule has 0 saturated carbocycles. The van der Waals surface area contributed by atoms with Gasteiger partial charge in [0.1, 0.15) is 0 Å². The predicted molar refractivity (Wildman–Crippen MR) is 42.1 cm³/mol. The average molecular weight is 171 g/mol. The van der Waals surface area contributed by atoms with E-state index in [0.717, 1.165) is 12.8 Å². The van der Waals surface area contributed by atoms with Gasteiger partial charge in [-0.2, -0.15) is 5.26 Å². The summed E-state index contributed by atoms with van der Waals surface area (Å²) in [6, 6.07) is 1.69. The van der Waals surface area contributed by atoms with Gasteiger partial charge in [0.2, 0.25) is 0 Å². The lowest BCUT2D eigenvalue weighted by molar-refractivity contribution is -0.153. The van der Waals surface area contributed by atoms with Crippen molar-refractivity contribution < 1.29 is 14.6 Å². The van der Waals surface area contributed by atoms with Crippen molar-refractivity contribution in [2.75, 3.05) is 6.61 Å². The van der Waals surface area contributed by atoms with Crippen molar-refractivity contribution in [2.24, 2.45) is 0 Å². The second-order valence-corrected chi connectivity index (χ2v) is 2.40. The number of nitriles is 1. The SMILES string of the molecule is CCCCOC(=O)C(O)CC#N. The summed E-state index contributed by atoms with van der Waals surface area (Å²) < 4.78 is 4.66. The third-order valence-corrected chi connectivity index (χ3v) is 1.30. The fourth-order valence-corrected chi connectivity index (χ4v) is 0.583. The summed E-state index contributed by atoms with van der Waals surface area (Å²) in [6.45, 7) is 2.29. The van der Waals surface area contributed by atoms with Crippen molar-refractivity contribution in [1.29, 1.82) is 5.26 Å². The Balaban J connectivity index is 3.51. The summed E-state index contributed by atoms with van der Waals surface area (Å²) in [5.41, 5.74) is 0. The van der Waals surface area contributed by atoms with Crippen molar-refractivity contribution in [3.63, 3.8) is 0 Å². The lowest BCUT2D eigenvalue weighted by atomic mass is 10.3. The molecule has 0 bridgehead atoms. The summed E-state index contributed by atoms with van der Waals surface area (Å²) in [7, 11) is 0. The molecule has 0 heterocycles. The Bertz CT molecular complexity index is 174. The van der Waals surface area contributed by atoms with Crippen LogP contribution in [0, 0.1) is 11.3 Å². The first-order valence-corrected chi connectivity index (χ1v) is 3.94. The van der Waals surface area contributed by atoms with E-state index in [1.165, 1.54) is 0 Å². The number of aliphatic hydroxyl groups excluding tert-OH is 1. The second-order valence-electron chi connectivity index (χ2n) is 2.40. The van der Waals surface area contributed by atoms with Crippen LogP contribution in [-0.4, -0.2) is 23.8 Å². The first-order chi connectivity index (χ1) is 5.72. The number of hydrogen-bond acceptors (Lipinski definition) is 4. The number of unbranched alkanes of at least 4 members (excludes halogenated alkanes) is 1. The summed E-state index contributed by atoms with van der Waals surface area (Å²) in [5.74, 6) is -0.704. The monoisotopic (exact) mass is 171 g/mol. The fraction of sp³-hybridized carbons (Fsp3) is 0.750. The number of nitrogens with zero attached hydrogens (tertiary/aromatic N) is 1. The van der Waals surface area contributed by atoms with Crippen LogP contribution < -0.4 is 0 Å². The molecule has 0 amide bonds. The molecule has 0 aromatic carbocycles. The van der Waals surface area contributed by atoms with Crippen LogP contribution >= 0.6 is 0 Å². The Hall–Kier alpha value is -1.08. The molecule has 4 nitrogen and oxygen atoms in total. The molecule has 0 aliphatic rings. The summed E-state index contributed by atoms with van der Waals surface area (Å²) >= 11 is 0. The van der Waals surface area contributed by atoms with Gasteiger partial charge in [0.25, 0.3) is 0 Å². The van der Waals surface area contributed by atoms with Crippen molar-refractivity contribution in [3.8, 4) is 6.07 Å². The second kappa shape index (κ2) is 6.62. The molecule has 0 aliphatic carbocycles. The van der Waals surface area contributed by atoms with Crippen molar-refractivity contribution in [1.82, 2.24) is 0 Å². The molecule has 12 heavy (non-hydrogen) atoms. The third kappa shape index (κ3) is 4.69. The maximum Gasteiger partial charge on any atom is 0.336 e. The molecule has 0 saturated heterocycles. The Morgan fingerprint density at radius 2 is 2.42 bits per heavy atom. The maximum atomic E-state index is 10.8. The molecule has 0 radical (unpaired) electrons. The molecule has 1 N–H and O–H groups in total. The minimum Gasteiger partial charge on any atom is -0.464 e. The standard InChI is InChI=1S/C8H13NO3/c1-2-3-6-12-8(11)7(10)4-5-9/h7,10H,2-4,6H2,1H3. The highest BCUT2D eigenvalue weighted by molar-refractivity contribution is 5.74. The quantitative estimate of drug-likeness (QED) is 0.486.